The van der Waals surface area contributed by atoms with Crippen molar-refractivity contribution in [3.05, 3.63) is 18.2 Å². The second-order valence-corrected chi connectivity index (χ2v) is 7.39. The van der Waals surface area contributed by atoms with Crippen LogP contribution in [0.5, 0.6) is 11.5 Å². The predicted octanol–water partition coefficient (Wildman–Crippen LogP) is 3.55. The summed E-state index contributed by atoms with van der Waals surface area (Å²) < 4.78 is 15.8. The number of carbonyl (C=O) groups is 1. The molecule has 0 aliphatic heterocycles. The highest BCUT2D eigenvalue weighted by Crippen LogP contribution is 2.29. The van der Waals surface area contributed by atoms with Crippen molar-refractivity contribution in [2.75, 3.05) is 39.7 Å². The maximum atomic E-state index is 12.0. The molecule has 8 nitrogen and oxygen atoms in total. The van der Waals surface area contributed by atoms with Crippen LogP contribution in [-0.4, -0.2) is 56.9 Å². The van der Waals surface area contributed by atoms with Crippen LogP contribution in [0.4, 0.5) is 10.5 Å². The maximum Gasteiger partial charge on any atom is 0.410 e. The average Bonchev–Trinajstić information content (AvgIpc) is 2.58. The Morgan fingerprint density at radius 2 is 1.86 bits per heavy atom. The zero-order valence-corrected chi connectivity index (χ0v) is 20.1. The Kier molecular flexibility index (Phi) is 11.0. The third-order valence-corrected chi connectivity index (χ3v) is 3.52. The van der Waals surface area contributed by atoms with Crippen LogP contribution in [0.25, 0.3) is 0 Å². The first kappa shape index (κ1) is 26.1. The number of ether oxygens (including phenoxy) is 3. The molecule has 0 saturated carbocycles. The van der Waals surface area contributed by atoms with Crippen molar-refractivity contribution in [3.63, 3.8) is 0 Å². The van der Waals surface area contributed by atoms with Crippen LogP contribution in [0, 0.1) is 5.92 Å². The van der Waals surface area contributed by atoms with Gasteiger partial charge in [0.1, 0.15) is 5.60 Å². The quantitative estimate of drug-likeness (QED) is 0.332. The normalized spacial score (nSPS) is 12.5. The summed E-state index contributed by atoms with van der Waals surface area (Å²) in [5, 5.41) is 3.02. The van der Waals surface area contributed by atoms with Gasteiger partial charge in [-0.25, -0.2) is 4.79 Å². The molecule has 0 saturated heterocycles. The Morgan fingerprint density at radius 3 is 2.39 bits per heavy atom. The van der Waals surface area contributed by atoms with Crippen LogP contribution in [0.1, 0.15) is 27.7 Å². The number of hydrogen-bond acceptors (Lipinski definition) is 5. The number of anilines is 1. The van der Waals surface area contributed by atoms with E-state index in [1.54, 1.807) is 38.3 Å². The molecule has 0 heterocycles. The fraction of sp³-hybridized carbons (Fsp3) is 0.579. The molecule has 28 heavy (non-hydrogen) atoms. The number of amides is 1. The molecule has 160 valence electrons. The van der Waals surface area contributed by atoms with Crippen LogP contribution in [0.15, 0.2) is 23.2 Å². The fourth-order valence-corrected chi connectivity index (χ4v) is 2.30. The molecule has 1 amide bonds. The van der Waals surface area contributed by atoms with E-state index < -0.39 is 5.60 Å². The van der Waals surface area contributed by atoms with Crippen LogP contribution < -0.4 is 20.5 Å². The molecule has 0 bridgehead atoms. The second kappa shape index (κ2) is 11.8. The first-order valence-corrected chi connectivity index (χ1v) is 8.78. The SMILES string of the molecule is COc1ccc(NC(N)=NCC(C)CN(C)C(=O)OC(C)(C)C)cc1OC.I. The largest absolute Gasteiger partial charge is 0.493 e. The Balaban J connectivity index is 0.00000729. The molecule has 0 radical (unpaired) electrons. The van der Waals surface area contributed by atoms with Crippen molar-refractivity contribution in [1.29, 1.82) is 0 Å². The van der Waals surface area contributed by atoms with E-state index in [1.165, 1.54) is 0 Å². The minimum absolute atomic E-state index is 0. The molecule has 1 atom stereocenters. The monoisotopic (exact) mass is 508 g/mol. The lowest BCUT2D eigenvalue weighted by Gasteiger charge is -2.26. The van der Waals surface area contributed by atoms with E-state index in [2.05, 4.69) is 10.3 Å². The lowest BCUT2D eigenvalue weighted by atomic mass is 10.2. The standard InChI is InChI=1S/C19H32N4O4.HI/c1-13(12-23(5)18(24)27-19(2,3)4)11-21-17(20)22-14-8-9-15(25-6)16(10-14)26-7;/h8-10,13H,11-12H2,1-7H3,(H3,20,21,22);1H. The summed E-state index contributed by atoms with van der Waals surface area (Å²) in [5.41, 5.74) is 6.18. The molecule has 1 unspecified atom stereocenters. The average molecular weight is 508 g/mol. The van der Waals surface area contributed by atoms with Gasteiger partial charge in [0, 0.05) is 31.9 Å². The number of nitrogens with one attached hydrogen (secondary N) is 1. The van der Waals surface area contributed by atoms with E-state index >= 15 is 0 Å². The summed E-state index contributed by atoms with van der Waals surface area (Å²) in [7, 11) is 4.86. The predicted molar refractivity (Wildman–Crippen MR) is 123 cm³/mol. The number of aliphatic imine (C=N–C) groups is 1. The third-order valence-electron chi connectivity index (χ3n) is 3.52. The van der Waals surface area contributed by atoms with Crippen molar-refractivity contribution in [2.24, 2.45) is 16.6 Å². The summed E-state index contributed by atoms with van der Waals surface area (Å²) in [6, 6.07) is 5.39. The maximum absolute atomic E-state index is 12.0. The molecular formula is C19H33IN4O4. The van der Waals surface area contributed by atoms with E-state index in [4.69, 9.17) is 19.9 Å². The van der Waals surface area contributed by atoms with Crippen molar-refractivity contribution in [2.45, 2.75) is 33.3 Å². The lowest BCUT2D eigenvalue weighted by Crippen LogP contribution is -2.37. The number of halogens is 1. The van der Waals surface area contributed by atoms with Gasteiger partial charge < -0.3 is 30.2 Å². The van der Waals surface area contributed by atoms with Crippen molar-refractivity contribution in [1.82, 2.24) is 4.90 Å². The molecule has 3 N–H and O–H groups in total. The van der Waals surface area contributed by atoms with Crippen LogP contribution in [0.2, 0.25) is 0 Å². The van der Waals surface area contributed by atoms with E-state index in [1.807, 2.05) is 33.8 Å². The molecule has 0 fully saturated rings. The summed E-state index contributed by atoms with van der Waals surface area (Å²) >= 11 is 0. The topological polar surface area (TPSA) is 98.4 Å². The molecule has 1 aromatic rings. The van der Waals surface area contributed by atoms with Crippen LogP contribution in [-0.2, 0) is 4.74 Å². The van der Waals surface area contributed by atoms with Gasteiger partial charge >= 0.3 is 6.09 Å². The number of benzene rings is 1. The highest BCUT2D eigenvalue weighted by atomic mass is 127. The summed E-state index contributed by atoms with van der Waals surface area (Å²) in [5.74, 6) is 1.64. The summed E-state index contributed by atoms with van der Waals surface area (Å²) in [4.78, 5) is 17.9. The fourth-order valence-electron chi connectivity index (χ4n) is 2.30. The van der Waals surface area contributed by atoms with Gasteiger partial charge in [-0.2, -0.15) is 0 Å². The zero-order chi connectivity index (χ0) is 20.6. The van der Waals surface area contributed by atoms with Crippen molar-refractivity contribution in [3.8, 4) is 11.5 Å². The van der Waals surface area contributed by atoms with E-state index in [0.717, 1.165) is 5.69 Å². The Hall–Kier alpha value is -1.91. The number of rotatable bonds is 7. The van der Waals surface area contributed by atoms with Gasteiger partial charge in [-0.3, -0.25) is 4.99 Å². The first-order valence-electron chi connectivity index (χ1n) is 8.78. The van der Waals surface area contributed by atoms with Gasteiger partial charge in [0.25, 0.3) is 0 Å². The van der Waals surface area contributed by atoms with Gasteiger partial charge in [0.2, 0.25) is 0 Å². The summed E-state index contributed by atoms with van der Waals surface area (Å²) in [6.45, 7) is 8.50. The smallest absolute Gasteiger partial charge is 0.410 e. The van der Waals surface area contributed by atoms with Crippen molar-refractivity contribution >= 4 is 41.7 Å². The van der Waals surface area contributed by atoms with E-state index in [-0.39, 0.29) is 41.9 Å². The Morgan fingerprint density at radius 1 is 1.25 bits per heavy atom. The number of carbonyl (C=O) groups excluding carboxylic acids is 1. The molecule has 9 heteroatoms. The van der Waals surface area contributed by atoms with E-state index in [0.29, 0.717) is 24.6 Å². The van der Waals surface area contributed by atoms with Gasteiger partial charge in [0.15, 0.2) is 17.5 Å². The number of nitrogens with zero attached hydrogens (tertiary/aromatic N) is 2. The van der Waals surface area contributed by atoms with Gasteiger partial charge in [-0.1, -0.05) is 6.92 Å². The number of guanidine groups is 1. The zero-order valence-electron chi connectivity index (χ0n) is 17.7. The third kappa shape index (κ3) is 9.34. The molecule has 1 aromatic carbocycles. The number of hydrogen-bond donors (Lipinski definition) is 2. The van der Waals surface area contributed by atoms with Gasteiger partial charge in [0.05, 0.1) is 14.2 Å². The Labute approximate surface area is 184 Å². The first-order chi connectivity index (χ1) is 12.6. The minimum Gasteiger partial charge on any atom is -0.493 e. The summed E-state index contributed by atoms with van der Waals surface area (Å²) in [6.07, 6.45) is -0.352. The van der Waals surface area contributed by atoms with Gasteiger partial charge in [-0.15, -0.1) is 24.0 Å². The van der Waals surface area contributed by atoms with Crippen LogP contribution in [0.3, 0.4) is 0 Å². The molecule has 0 aliphatic rings. The van der Waals surface area contributed by atoms with Gasteiger partial charge in [-0.05, 0) is 38.8 Å². The van der Waals surface area contributed by atoms with Crippen LogP contribution >= 0.6 is 24.0 Å². The molecule has 1 rings (SSSR count). The highest BCUT2D eigenvalue weighted by molar-refractivity contribution is 14.0. The van der Waals surface area contributed by atoms with Crippen molar-refractivity contribution < 1.29 is 19.0 Å². The molecule has 0 aromatic heterocycles. The molecular weight excluding hydrogens is 475 g/mol. The number of nitrogens with two attached hydrogens (primary N) is 1. The Bertz CT molecular complexity index is 662. The molecule has 0 spiro atoms. The minimum atomic E-state index is -0.513. The second-order valence-electron chi connectivity index (χ2n) is 7.39. The van der Waals surface area contributed by atoms with E-state index in [9.17, 15) is 4.79 Å². The lowest BCUT2D eigenvalue weighted by molar-refractivity contribution is 0.0279. The molecule has 0 aliphatic carbocycles. The number of methoxy groups -OCH3 is 2. The highest BCUT2D eigenvalue weighted by Gasteiger charge is 2.20.